The molecule has 314 valence electrons. The Morgan fingerprint density at radius 2 is 1.39 bits per heavy atom. The molecule has 0 aliphatic carbocycles. The average Bonchev–Trinajstić information content (AvgIpc) is 3.82. The molecule has 3 aliphatic rings. The summed E-state index contributed by atoms with van der Waals surface area (Å²) < 4.78 is 21.4. The minimum atomic E-state index is -1.55. The van der Waals surface area contributed by atoms with Crippen LogP contribution in [0.15, 0.2) is 12.2 Å². The summed E-state index contributed by atoms with van der Waals surface area (Å²) in [5, 5.41) is 12.9. The number of nitrogens with zero attached hydrogens (tertiary/aromatic N) is 2. The molecule has 0 saturated carbocycles. The normalized spacial score (nSPS) is 26.4. The quantitative estimate of drug-likeness (QED) is 0.154. The molecule has 3 heterocycles. The van der Waals surface area contributed by atoms with E-state index in [1.807, 2.05) is 0 Å². The molecule has 0 aromatic heterocycles. The van der Waals surface area contributed by atoms with E-state index in [1.165, 1.54) is 22.0 Å². The van der Waals surface area contributed by atoms with E-state index >= 15 is 0 Å². The Hall–Kier alpha value is -4.78. The highest BCUT2D eigenvalue weighted by Crippen LogP contribution is 2.26. The van der Waals surface area contributed by atoms with Gasteiger partial charge < -0.3 is 50.4 Å². The first-order valence-corrected chi connectivity index (χ1v) is 19.0. The molecule has 0 aromatic rings. The zero-order valence-electron chi connectivity index (χ0n) is 33.6. The molecule has 6 atom stereocenters. The van der Waals surface area contributed by atoms with Gasteiger partial charge in [0.05, 0.1) is 26.9 Å². The van der Waals surface area contributed by atoms with E-state index in [-0.39, 0.29) is 32.3 Å². The minimum absolute atomic E-state index is 0.0612. The molecule has 0 spiro atoms. The smallest absolute Gasteiger partial charge is 0.410 e. The van der Waals surface area contributed by atoms with Crippen molar-refractivity contribution in [2.45, 2.75) is 116 Å². The SMILES string of the molecule is COC(=O)CNC(=O)C1NC(=O)[C@H](C(C)C)NC(=O)[C@H](C(C)C)NC(=O)[C@@H](NC(=O)[C@@H]2CCCN2C(=O)[C@@H]2CCCN2C(=O)OC(C)(C)C)COC/C=C/CO1. The maximum atomic E-state index is 13.9. The van der Waals surface area contributed by atoms with Crippen LogP contribution in [-0.2, 0) is 52.5 Å². The van der Waals surface area contributed by atoms with Gasteiger partial charge in [0.15, 0.2) is 0 Å². The summed E-state index contributed by atoms with van der Waals surface area (Å²) in [6, 6.07) is -5.37. The molecule has 3 aliphatic heterocycles. The number of ether oxygens (including phenoxy) is 4. The standard InChI is InChI=1S/C37H59N7O12/c1-21(2)27-31(48)41-28(22(3)4)32(49)42-34(33(50)38-19-26(45)53-8)55-18-10-9-17-54-20-23(29(46)40-27)39-30(47)24-13-11-15-43(24)35(51)25-14-12-16-44(25)36(52)56-37(5,6)7/h9-10,21-25,27-28,34H,11-20H2,1-8H3,(H,38,50)(H,39,47)(H,40,46)(H,41,48)(H,42,49)/b10-9+/t23-,24-,25-,27-,28-,34?/m0/s1. The second-order valence-corrected chi connectivity index (χ2v) is 15.6. The van der Waals surface area contributed by atoms with Crippen LogP contribution in [0.5, 0.6) is 0 Å². The molecule has 0 aromatic carbocycles. The lowest BCUT2D eigenvalue weighted by Gasteiger charge is -2.33. The number of esters is 1. The van der Waals surface area contributed by atoms with Crippen LogP contribution in [0.1, 0.15) is 74.1 Å². The number of hydrogen-bond donors (Lipinski definition) is 5. The van der Waals surface area contributed by atoms with Crippen LogP contribution in [0.4, 0.5) is 4.79 Å². The van der Waals surface area contributed by atoms with E-state index in [4.69, 9.17) is 14.2 Å². The van der Waals surface area contributed by atoms with Crippen molar-refractivity contribution in [3.8, 4) is 0 Å². The molecule has 0 bridgehead atoms. The number of likely N-dealkylation sites (tertiary alicyclic amines) is 2. The molecular formula is C37H59N7O12. The maximum Gasteiger partial charge on any atom is 0.410 e. The van der Waals surface area contributed by atoms with Crippen LogP contribution in [0.2, 0.25) is 0 Å². The first-order chi connectivity index (χ1) is 26.3. The second-order valence-electron chi connectivity index (χ2n) is 15.6. The zero-order valence-corrected chi connectivity index (χ0v) is 33.6. The predicted octanol–water partition coefficient (Wildman–Crippen LogP) is -0.522. The third kappa shape index (κ3) is 13.2. The van der Waals surface area contributed by atoms with Gasteiger partial charge in [-0.25, -0.2) is 4.79 Å². The molecule has 19 heteroatoms. The highest BCUT2D eigenvalue weighted by atomic mass is 16.6. The lowest BCUT2D eigenvalue weighted by Crippen LogP contribution is -2.62. The second kappa shape index (κ2) is 20.9. The van der Waals surface area contributed by atoms with Gasteiger partial charge in [0, 0.05) is 13.1 Å². The van der Waals surface area contributed by atoms with Crippen LogP contribution < -0.4 is 26.6 Å². The van der Waals surface area contributed by atoms with E-state index in [1.54, 1.807) is 48.5 Å². The molecule has 7 amide bonds. The van der Waals surface area contributed by atoms with Crippen molar-refractivity contribution < 1.29 is 57.3 Å². The van der Waals surface area contributed by atoms with Crippen LogP contribution in [0, 0.1) is 11.8 Å². The predicted molar refractivity (Wildman–Crippen MR) is 199 cm³/mol. The topological polar surface area (TPSA) is 240 Å². The monoisotopic (exact) mass is 793 g/mol. The maximum absolute atomic E-state index is 13.9. The summed E-state index contributed by atoms with van der Waals surface area (Å²) in [5.41, 5.74) is -0.756. The van der Waals surface area contributed by atoms with Crippen LogP contribution >= 0.6 is 0 Å². The molecule has 1 unspecified atom stereocenters. The molecule has 0 radical (unpaired) electrons. The fourth-order valence-corrected chi connectivity index (χ4v) is 6.34. The Kier molecular flexibility index (Phi) is 17.1. The van der Waals surface area contributed by atoms with Gasteiger partial charge in [-0.15, -0.1) is 0 Å². The summed E-state index contributed by atoms with van der Waals surface area (Å²) in [6.07, 6.45) is 2.75. The first-order valence-electron chi connectivity index (χ1n) is 19.0. The summed E-state index contributed by atoms with van der Waals surface area (Å²) >= 11 is 0. The lowest BCUT2D eigenvalue weighted by atomic mass is 9.99. The van der Waals surface area contributed by atoms with Crippen molar-refractivity contribution in [1.29, 1.82) is 0 Å². The van der Waals surface area contributed by atoms with Crippen molar-refractivity contribution in [1.82, 2.24) is 36.4 Å². The average molecular weight is 794 g/mol. The van der Waals surface area contributed by atoms with Gasteiger partial charge in [0.2, 0.25) is 35.8 Å². The van der Waals surface area contributed by atoms with Crippen molar-refractivity contribution in [3.63, 3.8) is 0 Å². The molecule has 5 N–H and O–H groups in total. The molecule has 3 rings (SSSR count). The Bertz CT molecular complexity index is 1480. The van der Waals surface area contributed by atoms with E-state index in [0.29, 0.717) is 32.2 Å². The van der Waals surface area contributed by atoms with E-state index in [2.05, 4.69) is 31.3 Å². The van der Waals surface area contributed by atoms with E-state index in [0.717, 1.165) is 7.11 Å². The molecular weight excluding hydrogens is 734 g/mol. The summed E-state index contributed by atoms with van der Waals surface area (Å²) in [4.78, 5) is 109. The number of carbonyl (C=O) groups is 8. The highest BCUT2D eigenvalue weighted by molar-refractivity contribution is 5.97. The van der Waals surface area contributed by atoms with Crippen LogP contribution in [0.25, 0.3) is 0 Å². The molecule has 56 heavy (non-hydrogen) atoms. The third-order valence-corrected chi connectivity index (χ3v) is 9.30. The van der Waals surface area contributed by atoms with Gasteiger partial charge >= 0.3 is 12.1 Å². The largest absolute Gasteiger partial charge is 0.468 e. The zero-order chi connectivity index (χ0) is 41.7. The van der Waals surface area contributed by atoms with Crippen LogP contribution in [-0.4, -0.2) is 146 Å². The number of hydrogen-bond acceptors (Lipinski definition) is 12. The number of methoxy groups -OCH3 is 1. The van der Waals surface area contributed by atoms with Gasteiger partial charge in [-0.1, -0.05) is 39.8 Å². The number of amides is 7. The lowest BCUT2D eigenvalue weighted by molar-refractivity contribution is -0.145. The summed E-state index contributed by atoms with van der Waals surface area (Å²) in [7, 11) is 1.15. The van der Waals surface area contributed by atoms with Gasteiger partial charge in [-0.05, 0) is 58.3 Å². The van der Waals surface area contributed by atoms with Crippen molar-refractivity contribution in [2.75, 3.05) is 46.6 Å². The minimum Gasteiger partial charge on any atom is -0.468 e. The van der Waals surface area contributed by atoms with E-state index < -0.39 is 102 Å². The first kappa shape index (κ1) is 45.6. The molecule has 19 nitrogen and oxygen atoms in total. The molecule has 2 saturated heterocycles. The fourth-order valence-electron chi connectivity index (χ4n) is 6.34. The van der Waals surface area contributed by atoms with Crippen LogP contribution in [0.3, 0.4) is 0 Å². The number of carbonyl (C=O) groups excluding carboxylic acids is 8. The third-order valence-electron chi connectivity index (χ3n) is 9.30. The Morgan fingerprint density at radius 1 is 0.821 bits per heavy atom. The van der Waals surface area contributed by atoms with Gasteiger partial charge in [-0.2, -0.15) is 0 Å². The summed E-state index contributed by atoms with van der Waals surface area (Å²) in [5.74, 6) is -5.71. The van der Waals surface area contributed by atoms with Crippen molar-refractivity contribution in [3.05, 3.63) is 12.2 Å². The van der Waals surface area contributed by atoms with Crippen molar-refractivity contribution >= 4 is 47.5 Å². The van der Waals surface area contributed by atoms with E-state index in [9.17, 15) is 38.4 Å². The highest BCUT2D eigenvalue weighted by Gasteiger charge is 2.44. The Labute approximate surface area is 327 Å². The Morgan fingerprint density at radius 3 is 2.00 bits per heavy atom. The van der Waals surface area contributed by atoms with Crippen molar-refractivity contribution in [2.24, 2.45) is 11.8 Å². The Balaban J connectivity index is 1.82. The molecule has 2 fully saturated rings. The number of rotatable bonds is 8. The van der Waals surface area contributed by atoms with Gasteiger partial charge in [0.25, 0.3) is 5.91 Å². The summed E-state index contributed by atoms with van der Waals surface area (Å²) in [6.45, 7) is 11.5. The van der Waals surface area contributed by atoms with Gasteiger partial charge in [-0.3, -0.25) is 38.5 Å². The van der Waals surface area contributed by atoms with Gasteiger partial charge in [0.1, 0.15) is 42.4 Å². The number of nitrogens with one attached hydrogen (secondary N) is 5. The fraction of sp³-hybridized carbons (Fsp3) is 0.730.